The number of hydrogen-bond donors (Lipinski definition) is 4. The van der Waals surface area contributed by atoms with Crippen molar-refractivity contribution in [2.45, 2.75) is 128 Å². The first-order chi connectivity index (χ1) is 15.8. The molecule has 2 saturated carbocycles. The summed E-state index contributed by atoms with van der Waals surface area (Å²) in [4.78, 5) is 25.1. The summed E-state index contributed by atoms with van der Waals surface area (Å²) >= 11 is 0. The maximum absolute atomic E-state index is 12.6. The van der Waals surface area contributed by atoms with Crippen molar-refractivity contribution in [2.75, 3.05) is 13.1 Å². The largest absolute Gasteiger partial charge is 0.336 e. The van der Waals surface area contributed by atoms with Crippen molar-refractivity contribution in [3.63, 3.8) is 0 Å². The lowest BCUT2D eigenvalue weighted by atomic mass is 9.89. The van der Waals surface area contributed by atoms with Crippen molar-refractivity contribution in [1.82, 2.24) is 21.3 Å². The summed E-state index contributed by atoms with van der Waals surface area (Å²) in [6.45, 7) is 12.6. The van der Waals surface area contributed by atoms with Crippen molar-refractivity contribution in [1.29, 1.82) is 0 Å². The van der Waals surface area contributed by atoms with Gasteiger partial charge in [-0.15, -0.1) is 0 Å². The molecule has 10 nitrogen and oxygen atoms in total. The van der Waals surface area contributed by atoms with Crippen LogP contribution in [0.3, 0.4) is 0 Å². The van der Waals surface area contributed by atoms with Gasteiger partial charge in [-0.3, -0.25) is 0 Å². The van der Waals surface area contributed by atoms with Crippen molar-refractivity contribution in [3.05, 3.63) is 0 Å². The average Bonchev–Trinajstić information content (AvgIpc) is 2.75. The monoisotopic (exact) mass is 478 g/mol. The molecule has 0 spiro atoms. The predicted molar refractivity (Wildman–Crippen MR) is 134 cm³/mol. The Morgan fingerprint density at radius 1 is 0.618 bits per heavy atom. The van der Waals surface area contributed by atoms with E-state index in [2.05, 4.69) is 41.7 Å². The van der Waals surface area contributed by atoms with Gasteiger partial charge >= 0.3 is 12.1 Å². The van der Waals surface area contributed by atoms with Crippen LogP contribution in [0.4, 0.5) is 9.59 Å². The van der Waals surface area contributed by atoms with Crippen LogP contribution in [0.1, 0.15) is 106 Å². The predicted octanol–water partition coefficient (Wildman–Crippen LogP) is 5.41. The minimum Gasteiger partial charge on any atom is -0.336 e. The number of amides is 4. The molecule has 2 aliphatic carbocycles. The highest BCUT2D eigenvalue weighted by molar-refractivity contribution is 5.76. The van der Waals surface area contributed by atoms with Crippen LogP contribution in [0, 0.1) is 0 Å². The van der Waals surface area contributed by atoms with Crippen LogP contribution < -0.4 is 21.3 Å². The summed E-state index contributed by atoms with van der Waals surface area (Å²) in [5, 5.41) is 29.6. The molecule has 34 heavy (non-hydrogen) atoms. The van der Waals surface area contributed by atoms with Crippen LogP contribution in [0.15, 0.2) is 20.5 Å². The van der Waals surface area contributed by atoms with Crippen LogP contribution in [-0.2, 0) is 0 Å². The normalized spacial score (nSPS) is 20.8. The summed E-state index contributed by atoms with van der Waals surface area (Å²) in [5.41, 5.74) is -1.87. The standard InChI is InChI=1S/C24H46N8O2/c1-21(2,3)29-31-23(13-9-7-10-14-23)27-19(33)25-17-18-26-20(34)28-24(15-11-8-12-16-24)32-30-22(4,5)6/h7-18H2,1-6H3,(H2,25,27,33)(H2,26,28,34). The zero-order valence-corrected chi connectivity index (χ0v) is 22.1. The second-order valence-electron chi connectivity index (χ2n) is 11.7. The Balaban J connectivity index is 1.82. The summed E-state index contributed by atoms with van der Waals surface area (Å²) in [6.07, 6.45) is 9.48. The molecule has 0 aromatic rings. The van der Waals surface area contributed by atoms with Gasteiger partial charge in [-0.05, 0) is 92.9 Å². The Labute approximate surface area is 205 Å². The van der Waals surface area contributed by atoms with E-state index in [1.54, 1.807) is 0 Å². The van der Waals surface area contributed by atoms with E-state index in [0.717, 1.165) is 64.2 Å². The van der Waals surface area contributed by atoms with Gasteiger partial charge in [-0.2, -0.15) is 20.5 Å². The van der Waals surface area contributed by atoms with Gasteiger partial charge in [-0.1, -0.05) is 12.8 Å². The van der Waals surface area contributed by atoms with Gasteiger partial charge in [0.05, 0.1) is 11.1 Å². The van der Waals surface area contributed by atoms with Gasteiger partial charge in [0.15, 0.2) is 11.3 Å². The van der Waals surface area contributed by atoms with Gasteiger partial charge in [0.25, 0.3) is 0 Å². The van der Waals surface area contributed by atoms with Gasteiger partial charge in [-0.25, -0.2) is 9.59 Å². The van der Waals surface area contributed by atoms with E-state index in [0.29, 0.717) is 13.1 Å². The number of rotatable bonds is 7. The Hall–Kier alpha value is -2.26. The highest BCUT2D eigenvalue weighted by atomic mass is 16.2. The van der Waals surface area contributed by atoms with Crippen LogP contribution in [-0.4, -0.2) is 47.6 Å². The highest BCUT2D eigenvalue weighted by Crippen LogP contribution is 2.31. The van der Waals surface area contributed by atoms with Gasteiger partial charge < -0.3 is 21.3 Å². The fourth-order valence-electron chi connectivity index (χ4n) is 4.13. The van der Waals surface area contributed by atoms with Crippen molar-refractivity contribution >= 4 is 12.1 Å². The number of carbonyl (C=O) groups excluding carboxylic acids is 2. The first-order valence-electron chi connectivity index (χ1n) is 12.8. The maximum atomic E-state index is 12.6. The SMILES string of the molecule is CC(C)(C)N=NC1(NC(=O)NCCNC(=O)NC2(N=NC(C)(C)C)CCCCC2)CCCCC1. The van der Waals surface area contributed by atoms with E-state index in [9.17, 15) is 9.59 Å². The first-order valence-corrected chi connectivity index (χ1v) is 12.8. The molecular weight excluding hydrogens is 432 g/mol. The third-order valence-corrected chi connectivity index (χ3v) is 5.83. The van der Waals surface area contributed by atoms with Crippen LogP contribution in [0.5, 0.6) is 0 Å². The molecule has 194 valence electrons. The lowest BCUT2D eigenvalue weighted by Gasteiger charge is -2.34. The van der Waals surface area contributed by atoms with Crippen molar-refractivity contribution in [2.24, 2.45) is 20.5 Å². The topological polar surface area (TPSA) is 132 Å². The smallest absolute Gasteiger partial charge is 0.316 e. The lowest BCUT2D eigenvalue weighted by molar-refractivity contribution is 0.195. The van der Waals surface area contributed by atoms with Gasteiger partial charge in [0.2, 0.25) is 0 Å². The van der Waals surface area contributed by atoms with Crippen molar-refractivity contribution in [3.8, 4) is 0 Å². The van der Waals surface area contributed by atoms with Crippen LogP contribution >= 0.6 is 0 Å². The minimum absolute atomic E-state index is 0.290. The third-order valence-electron chi connectivity index (χ3n) is 5.83. The quantitative estimate of drug-likeness (QED) is 0.288. The second kappa shape index (κ2) is 11.9. The molecule has 0 aromatic carbocycles. The van der Waals surface area contributed by atoms with E-state index in [1.165, 1.54) is 0 Å². The molecular formula is C24H46N8O2. The van der Waals surface area contributed by atoms with Crippen LogP contribution in [0.25, 0.3) is 0 Å². The average molecular weight is 479 g/mol. The zero-order valence-electron chi connectivity index (χ0n) is 22.1. The minimum atomic E-state index is -0.647. The van der Waals surface area contributed by atoms with E-state index in [1.807, 2.05) is 41.5 Å². The summed E-state index contributed by atoms with van der Waals surface area (Å²) in [6, 6.07) is -0.584. The molecule has 0 heterocycles. The molecule has 0 atom stereocenters. The molecule has 0 aliphatic heterocycles. The number of hydrogen-bond acceptors (Lipinski definition) is 6. The highest BCUT2D eigenvalue weighted by Gasteiger charge is 2.35. The van der Waals surface area contributed by atoms with E-state index in [4.69, 9.17) is 0 Å². The van der Waals surface area contributed by atoms with E-state index < -0.39 is 11.3 Å². The number of urea groups is 2. The Kier molecular flexibility index (Phi) is 9.82. The summed E-state index contributed by atoms with van der Waals surface area (Å²) in [5.74, 6) is 0. The molecule has 0 saturated heterocycles. The molecule has 4 amide bonds. The fraction of sp³-hybridized carbons (Fsp3) is 0.917. The molecule has 2 rings (SSSR count). The first kappa shape index (κ1) is 28.0. The summed E-state index contributed by atoms with van der Waals surface area (Å²) < 4.78 is 0. The number of carbonyl (C=O) groups is 2. The number of nitrogens with one attached hydrogen (secondary N) is 4. The van der Waals surface area contributed by atoms with Gasteiger partial charge in [0, 0.05) is 13.1 Å². The number of azo groups is 2. The molecule has 10 heteroatoms. The molecule has 4 N–H and O–H groups in total. The molecule has 0 aromatic heterocycles. The molecule has 0 unspecified atom stereocenters. The molecule has 0 radical (unpaired) electrons. The summed E-state index contributed by atoms with van der Waals surface area (Å²) in [7, 11) is 0. The van der Waals surface area contributed by atoms with Crippen molar-refractivity contribution < 1.29 is 9.59 Å². The third kappa shape index (κ3) is 10.3. The lowest BCUT2D eigenvalue weighted by Crippen LogP contribution is -2.54. The molecule has 2 aliphatic rings. The number of nitrogens with zero attached hydrogens (tertiary/aromatic N) is 4. The zero-order chi connectivity index (χ0) is 25.3. The fourth-order valence-corrected chi connectivity index (χ4v) is 4.13. The Morgan fingerprint density at radius 3 is 1.24 bits per heavy atom. The van der Waals surface area contributed by atoms with Gasteiger partial charge in [0.1, 0.15) is 0 Å². The Bertz CT molecular complexity index is 662. The molecule has 0 bridgehead atoms. The van der Waals surface area contributed by atoms with E-state index in [-0.39, 0.29) is 23.1 Å². The van der Waals surface area contributed by atoms with Crippen LogP contribution in [0.2, 0.25) is 0 Å². The Morgan fingerprint density at radius 2 is 0.941 bits per heavy atom. The maximum Gasteiger partial charge on any atom is 0.316 e. The second-order valence-corrected chi connectivity index (χ2v) is 11.7. The molecule has 2 fully saturated rings. The van der Waals surface area contributed by atoms with E-state index >= 15 is 0 Å².